The van der Waals surface area contributed by atoms with Crippen molar-refractivity contribution in [3.63, 3.8) is 0 Å². The third-order valence-electron chi connectivity index (χ3n) is 5.64. The predicted molar refractivity (Wildman–Crippen MR) is 109 cm³/mol. The highest BCUT2D eigenvalue weighted by atomic mass is 32.2. The molecule has 28 heavy (non-hydrogen) atoms. The van der Waals surface area contributed by atoms with E-state index in [4.69, 9.17) is 0 Å². The SMILES string of the molecule is Cn1cc(C(=O)NC2CC3CCC(C2)N3S(C)(=O)=O)c(-c2cccs2)cc1=O. The van der Waals surface area contributed by atoms with Crippen LogP contribution in [0.15, 0.2) is 34.6 Å². The number of rotatable bonds is 4. The number of pyridine rings is 1. The van der Waals surface area contributed by atoms with Crippen molar-refractivity contribution in [1.29, 1.82) is 0 Å². The van der Waals surface area contributed by atoms with E-state index in [1.807, 2.05) is 17.5 Å². The van der Waals surface area contributed by atoms with E-state index >= 15 is 0 Å². The Balaban J connectivity index is 1.57. The molecule has 2 saturated heterocycles. The number of piperidine rings is 1. The molecule has 2 unspecified atom stereocenters. The number of fused-ring (bicyclic) bond motifs is 2. The number of hydrogen-bond acceptors (Lipinski definition) is 5. The van der Waals surface area contributed by atoms with E-state index in [0.29, 0.717) is 24.0 Å². The fourth-order valence-electron chi connectivity index (χ4n) is 4.50. The van der Waals surface area contributed by atoms with Gasteiger partial charge >= 0.3 is 0 Å². The molecule has 150 valence electrons. The van der Waals surface area contributed by atoms with Crippen molar-refractivity contribution in [1.82, 2.24) is 14.2 Å². The molecule has 2 aliphatic rings. The van der Waals surface area contributed by atoms with Gasteiger partial charge in [-0.05, 0) is 37.1 Å². The van der Waals surface area contributed by atoms with Crippen LogP contribution in [0.2, 0.25) is 0 Å². The second kappa shape index (κ2) is 7.13. The van der Waals surface area contributed by atoms with Gasteiger partial charge in [-0.1, -0.05) is 6.07 Å². The van der Waals surface area contributed by atoms with Crippen molar-refractivity contribution < 1.29 is 13.2 Å². The van der Waals surface area contributed by atoms with Crippen LogP contribution in [0, 0.1) is 0 Å². The second-order valence-corrected chi connectivity index (χ2v) is 10.5. The lowest BCUT2D eigenvalue weighted by Crippen LogP contribution is -2.52. The quantitative estimate of drug-likeness (QED) is 0.815. The van der Waals surface area contributed by atoms with Crippen LogP contribution in [0.3, 0.4) is 0 Å². The first-order valence-electron chi connectivity index (χ1n) is 9.28. The third kappa shape index (κ3) is 3.54. The van der Waals surface area contributed by atoms with Gasteiger partial charge < -0.3 is 9.88 Å². The van der Waals surface area contributed by atoms with E-state index in [-0.39, 0.29) is 29.6 Å². The molecule has 2 atom stereocenters. The number of nitrogens with one attached hydrogen (secondary N) is 1. The van der Waals surface area contributed by atoms with E-state index in [2.05, 4.69) is 5.32 Å². The molecule has 2 bridgehead atoms. The van der Waals surface area contributed by atoms with Gasteiger partial charge in [-0.3, -0.25) is 9.59 Å². The largest absolute Gasteiger partial charge is 0.349 e. The zero-order chi connectivity index (χ0) is 20.1. The van der Waals surface area contributed by atoms with Crippen molar-refractivity contribution in [2.75, 3.05) is 6.26 Å². The summed E-state index contributed by atoms with van der Waals surface area (Å²) in [5.41, 5.74) is 0.925. The number of carbonyl (C=O) groups excluding carboxylic acids is 1. The van der Waals surface area contributed by atoms with Crippen molar-refractivity contribution in [3.05, 3.63) is 45.7 Å². The van der Waals surface area contributed by atoms with Crippen LogP contribution in [0.1, 0.15) is 36.0 Å². The van der Waals surface area contributed by atoms with E-state index in [0.717, 1.165) is 17.7 Å². The molecule has 4 rings (SSSR count). The van der Waals surface area contributed by atoms with Crippen LogP contribution in [-0.2, 0) is 17.1 Å². The lowest BCUT2D eigenvalue weighted by atomic mass is 9.99. The van der Waals surface area contributed by atoms with E-state index < -0.39 is 10.0 Å². The van der Waals surface area contributed by atoms with Crippen LogP contribution in [-0.4, -0.2) is 47.6 Å². The normalized spacial score (nSPS) is 25.0. The molecule has 4 heterocycles. The Morgan fingerprint density at radius 1 is 1.25 bits per heavy atom. The van der Waals surface area contributed by atoms with Crippen LogP contribution < -0.4 is 10.9 Å². The molecule has 2 fully saturated rings. The summed E-state index contributed by atoms with van der Waals surface area (Å²) in [5, 5.41) is 5.00. The minimum atomic E-state index is -3.23. The molecule has 0 radical (unpaired) electrons. The highest BCUT2D eigenvalue weighted by molar-refractivity contribution is 7.88. The Morgan fingerprint density at radius 2 is 1.93 bits per heavy atom. The highest BCUT2D eigenvalue weighted by Crippen LogP contribution is 2.37. The Morgan fingerprint density at radius 3 is 2.50 bits per heavy atom. The zero-order valence-corrected chi connectivity index (χ0v) is 17.4. The molecular weight excluding hydrogens is 398 g/mol. The first-order chi connectivity index (χ1) is 13.2. The summed E-state index contributed by atoms with van der Waals surface area (Å²) in [6, 6.07) is 5.11. The van der Waals surface area contributed by atoms with Crippen LogP contribution in [0.5, 0.6) is 0 Å². The van der Waals surface area contributed by atoms with E-state index in [1.54, 1.807) is 17.5 Å². The Labute approximate surface area is 168 Å². The maximum absolute atomic E-state index is 13.1. The van der Waals surface area contributed by atoms with Gasteiger partial charge in [0.15, 0.2) is 0 Å². The topological polar surface area (TPSA) is 88.5 Å². The predicted octanol–water partition coefficient (Wildman–Crippen LogP) is 1.80. The standard InChI is InChI=1S/C19H23N3O4S2/c1-21-11-16(15(10-18(21)23)17-4-3-7-27-17)19(24)20-12-8-13-5-6-14(9-12)22(13)28(2,25)26/h3-4,7,10-14H,5-6,8-9H2,1-2H3,(H,20,24). The summed E-state index contributed by atoms with van der Waals surface area (Å²) in [4.78, 5) is 26.0. The van der Waals surface area contributed by atoms with Gasteiger partial charge in [-0.2, -0.15) is 4.31 Å². The maximum atomic E-state index is 13.1. The minimum absolute atomic E-state index is 0.0454. The summed E-state index contributed by atoms with van der Waals surface area (Å²) < 4.78 is 27.1. The maximum Gasteiger partial charge on any atom is 0.253 e. The van der Waals surface area contributed by atoms with Gasteiger partial charge in [0.25, 0.3) is 11.5 Å². The molecule has 0 aromatic carbocycles. The number of aryl methyl sites for hydroxylation is 1. The van der Waals surface area contributed by atoms with Crippen LogP contribution in [0.4, 0.5) is 0 Å². The van der Waals surface area contributed by atoms with Gasteiger partial charge in [0.2, 0.25) is 10.0 Å². The number of nitrogens with zero attached hydrogens (tertiary/aromatic N) is 2. The van der Waals surface area contributed by atoms with Gasteiger partial charge in [0.1, 0.15) is 0 Å². The summed E-state index contributed by atoms with van der Waals surface area (Å²) in [6.45, 7) is 0. The van der Waals surface area contributed by atoms with Gasteiger partial charge in [-0.15, -0.1) is 11.3 Å². The average molecular weight is 422 g/mol. The molecule has 0 spiro atoms. The van der Waals surface area contributed by atoms with E-state index in [9.17, 15) is 18.0 Å². The molecule has 1 N–H and O–H groups in total. The first-order valence-corrected chi connectivity index (χ1v) is 12.0. The van der Waals surface area contributed by atoms with Crippen molar-refractivity contribution >= 4 is 27.3 Å². The van der Waals surface area contributed by atoms with Gasteiger partial charge in [0, 0.05) is 47.9 Å². The lowest BCUT2D eigenvalue weighted by Gasteiger charge is -2.37. The Bertz CT molecular complexity index is 1050. The molecule has 9 heteroatoms. The van der Waals surface area contributed by atoms with Gasteiger partial charge in [-0.25, -0.2) is 8.42 Å². The summed E-state index contributed by atoms with van der Waals surface area (Å²) in [6.07, 6.45) is 5.75. The lowest BCUT2D eigenvalue weighted by molar-refractivity contribution is 0.0909. The van der Waals surface area contributed by atoms with Crippen LogP contribution >= 0.6 is 11.3 Å². The number of thiophene rings is 1. The van der Waals surface area contributed by atoms with Gasteiger partial charge in [0.05, 0.1) is 11.8 Å². The fourth-order valence-corrected chi connectivity index (χ4v) is 6.73. The number of amides is 1. The van der Waals surface area contributed by atoms with E-state index in [1.165, 1.54) is 28.2 Å². The summed E-state index contributed by atoms with van der Waals surface area (Å²) in [7, 11) is -1.60. The molecule has 2 aliphatic heterocycles. The number of hydrogen-bond donors (Lipinski definition) is 1. The molecule has 1 amide bonds. The molecule has 2 aromatic heterocycles. The number of carbonyl (C=O) groups is 1. The minimum Gasteiger partial charge on any atom is -0.349 e. The Kier molecular flexibility index (Phi) is 4.93. The zero-order valence-electron chi connectivity index (χ0n) is 15.8. The average Bonchev–Trinajstić information content (AvgIpc) is 3.23. The molecular formula is C19H23N3O4S2. The third-order valence-corrected chi connectivity index (χ3v) is 7.91. The summed E-state index contributed by atoms with van der Waals surface area (Å²) in [5.74, 6) is -0.226. The summed E-state index contributed by atoms with van der Waals surface area (Å²) >= 11 is 1.48. The van der Waals surface area contributed by atoms with Crippen LogP contribution in [0.25, 0.3) is 10.4 Å². The molecule has 2 aromatic rings. The molecule has 0 saturated carbocycles. The second-order valence-electron chi connectivity index (χ2n) is 7.65. The van der Waals surface area contributed by atoms with Crippen molar-refractivity contribution in [2.45, 2.75) is 43.8 Å². The Hall–Kier alpha value is -1.97. The van der Waals surface area contributed by atoms with Crippen molar-refractivity contribution in [3.8, 4) is 10.4 Å². The number of sulfonamides is 1. The highest BCUT2D eigenvalue weighted by Gasteiger charge is 2.45. The van der Waals surface area contributed by atoms with Crippen molar-refractivity contribution in [2.24, 2.45) is 7.05 Å². The first kappa shape index (κ1) is 19.4. The smallest absolute Gasteiger partial charge is 0.253 e. The monoisotopic (exact) mass is 421 g/mol. The number of aromatic nitrogens is 1. The fraction of sp³-hybridized carbons (Fsp3) is 0.474. The molecule has 7 nitrogen and oxygen atoms in total. The molecule has 0 aliphatic carbocycles.